The van der Waals surface area contributed by atoms with Crippen LogP contribution in [0.3, 0.4) is 0 Å². The molecule has 0 spiro atoms. The maximum atomic E-state index is 9.77. The molecule has 5 nitrogen and oxygen atoms in total. The van der Waals surface area contributed by atoms with Gasteiger partial charge < -0.3 is 25.7 Å². The van der Waals surface area contributed by atoms with Crippen molar-refractivity contribution < 1.29 is 20.4 Å². The predicted molar refractivity (Wildman–Crippen MR) is 60.0 cm³/mol. The normalized spacial score (nSPS) is 39.9. The Kier molecular flexibility index (Phi) is 5.64. The zero-order chi connectivity index (χ0) is 12.1. The fourth-order valence-electron chi connectivity index (χ4n) is 2.18. The van der Waals surface area contributed by atoms with Crippen LogP contribution in [0.1, 0.15) is 32.6 Å². The quantitative estimate of drug-likeness (QED) is 0.392. The summed E-state index contributed by atoms with van der Waals surface area (Å²) in [4.78, 5) is 0. The maximum Gasteiger partial charge on any atom is 0.109 e. The number of aliphatic hydroxyl groups excluding tert-OH is 4. The summed E-state index contributed by atoms with van der Waals surface area (Å²) >= 11 is 0. The van der Waals surface area contributed by atoms with Gasteiger partial charge in [0.1, 0.15) is 6.10 Å². The molecule has 1 rings (SSSR count). The zero-order valence-corrected chi connectivity index (χ0v) is 9.71. The van der Waals surface area contributed by atoms with Crippen LogP contribution in [0.25, 0.3) is 0 Å². The Morgan fingerprint density at radius 3 is 2.12 bits per heavy atom. The number of aliphatic hydroxyl groups is 4. The third kappa shape index (κ3) is 3.15. The van der Waals surface area contributed by atoms with Gasteiger partial charge in [-0.3, -0.25) is 0 Å². The lowest BCUT2D eigenvalue weighted by Gasteiger charge is -2.41. The molecule has 1 aliphatic heterocycles. The van der Waals surface area contributed by atoms with Crippen LogP contribution in [0.4, 0.5) is 0 Å². The molecule has 1 heterocycles. The van der Waals surface area contributed by atoms with Gasteiger partial charge in [0.2, 0.25) is 0 Å². The van der Waals surface area contributed by atoms with Gasteiger partial charge in [0.25, 0.3) is 0 Å². The van der Waals surface area contributed by atoms with E-state index in [1.807, 2.05) is 0 Å². The third-order valence-corrected chi connectivity index (χ3v) is 3.27. The molecule has 1 aliphatic rings. The van der Waals surface area contributed by atoms with Crippen LogP contribution >= 0.6 is 0 Å². The van der Waals surface area contributed by atoms with E-state index >= 15 is 0 Å². The number of hydrogen-bond donors (Lipinski definition) is 5. The van der Waals surface area contributed by atoms with Crippen LogP contribution in [0, 0.1) is 0 Å². The molecule has 0 aromatic heterocycles. The maximum absolute atomic E-state index is 9.77. The second-order valence-electron chi connectivity index (χ2n) is 4.53. The molecule has 0 aromatic rings. The first kappa shape index (κ1) is 13.9. The van der Waals surface area contributed by atoms with E-state index in [1.165, 1.54) is 0 Å². The first-order valence-corrected chi connectivity index (χ1v) is 6.03. The summed E-state index contributed by atoms with van der Waals surface area (Å²) in [7, 11) is 0. The summed E-state index contributed by atoms with van der Waals surface area (Å²) in [5, 5.41) is 41.0. The molecule has 96 valence electrons. The highest BCUT2D eigenvalue weighted by Crippen LogP contribution is 2.19. The fraction of sp³-hybridized carbons (Fsp3) is 1.00. The standard InChI is InChI=1S/C11H23NO4/c1-2-3-4-5-7-9(14)11(16)10(15)8(6-13)12-7/h7-16H,2-6H2,1H3. The van der Waals surface area contributed by atoms with Crippen molar-refractivity contribution in [3.8, 4) is 0 Å². The van der Waals surface area contributed by atoms with E-state index in [4.69, 9.17) is 5.11 Å². The minimum Gasteiger partial charge on any atom is -0.395 e. The monoisotopic (exact) mass is 233 g/mol. The van der Waals surface area contributed by atoms with Crippen molar-refractivity contribution in [2.75, 3.05) is 6.61 Å². The molecule has 0 aromatic carbocycles. The third-order valence-electron chi connectivity index (χ3n) is 3.27. The Hall–Kier alpha value is -0.200. The topological polar surface area (TPSA) is 93.0 Å². The molecule has 5 atom stereocenters. The molecule has 5 heteroatoms. The Labute approximate surface area is 96.1 Å². The zero-order valence-electron chi connectivity index (χ0n) is 9.71. The second-order valence-corrected chi connectivity index (χ2v) is 4.53. The summed E-state index contributed by atoms with van der Waals surface area (Å²) in [5.41, 5.74) is 0. The van der Waals surface area contributed by atoms with Crippen molar-refractivity contribution in [1.82, 2.24) is 5.32 Å². The van der Waals surface area contributed by atoms with Gasteiger partial charge in [-0.1, -0.05) is 26.2 Å². The summed E-state index contributed by atoms with van der Waals surface area (Å²) in [6.45, 7) is 1.86. The Balaban J connectivity index is 2.50. The van der Waals surface area contributed by atoms with Crippen LogP contribution in [-0.4, -0.2) is 57.4 Å². The Bertz CT molecular complexity index is 200. The molecule has 0 saturated carbocycles. The first-order chi connectivity index (χ1) is 7.61. The SMILES string of the molecule is CCCCCC1NC(CO)C(O)C(O)C1O. The molecule has 0 radical (unpaired) electrons. The van der Waals surface area contributed by atoms with E-state index in [0.29, 0.717) is 0 Å². The molecule has 5 unspecified atom stereocenters. The van der Waals surface area contributed by atoms with Crippen molar-refractivity contribution in [2.24, 2.45) is 0 Å². The number of unbranched alkanes of at least 4 members (excludes halogenated alkanes) is 2. The van der Waals surface area contributed by atoms with Crippen LogP contribution in [0.5, 0.6) is 0 Å². The molecular weight excluding hydrogens is 210 g/mol. The smallest absolute Gasteiger partial charge is 0.109 e. The molecular formula is C11H23NO4. The van der Waals surface area contributed by atoms with Crippen molar-refractivity contribution in [3.63, 3.8) is 0 Å². The van der Waals surface area contributed by atoms with E-state index in [2.05, 4.69) is 12.2 Å². The first-order valence-electron chi connectivity index (χ1n) is 6.03. The van der Waals surface area contributed by atoms with E-state index in [-0.39, 0.29) is 12.6 Å². The minimum atomic E-state index is -1.18. The summed E-state index contributed by atoms with van der Waals surface area (Å²) in [6.07, 6.45) is 0.633. The molecule has 1 fully saturated rings. The Morgan fingerprint density at radius 2 is 1.56 bits per heavy atom. The lowest BCUT2D eigenvalue weighted by Crippen LogP contribution is -2.65. The van der Waals surface area contributed by atoms with Gasteiger partial charge >= 0.3 is 0 Å². The van der Waals surface area contributed by atoms with Gasteiger partial charge in [-0.15, -0.1) is 0 Å². The molecule has 5 N–H and O–H groups in total. The molecule has 0 amide bonds. The van der Waals surface area contributed by atoms with Crippen molar-refractivity contribution in [2.45, 2.75) is 63.0 Å². The van der Waals surface area contributed by atoms with Gasteiger partial charge in [-0.25, -0.2) is 0 Å². The summed E-state index contributed by atoms with van der Waals surface area (Å²) < 4.78 is 0. The highest BCUT2D eigenvalue weighted by atomic mass is 16.4. The molecule has 16 heavy (non-hydrogen) atoms. The fourth-order valence-corrected chi connectivity index (χ4v) is 2.18. The van der Waals surface area contributed by atoms with Crippen molar-refractivity contribution >= 4 is 0 Å². The second kappa shape index (κ2) is 6.51. The summed E-state index contributed by atoms with van der Waals surface area (Å²) in [6, 6.07) is -0.799. The van der Waals surface area contributed by atoms with Gasteiger partial charge in [0.05, 0.1) is 24.9 Å². The van der Waals surface area contributed by atoms with Crippen LogP contribution in [0.2, 0.25) is 0 Å². The van der Waals surface area contributed by atoms with Crippen molar-refractivity contribution in [1.29, 1.82) is 0 Å². The lowest BCUT2D eigenvalue weighted by atomic mass is 9.88. The number of hydrogen-bond acceptors (Lipinski definition) is 5. The average Bonchev–Trinajstić information content (AvgIpc) is 2.29. The van der Waals surface area contributed by atoms with Crippen LogP contribution in [0.15, 0.2) is 0 Å². The van der Waals surface area contributed by atoms with E-state index < -0.39 is 24.4 Å². The lowest BCUT2D eigenvalue weighted by molar-refractivity contribution is -0.120. The van der Waals surface area contributed by atoms with E-state index in [1.54, 1.807) is 0 Å². The summed E-state index contributed by atoms with van der Waals surface area (Å²) in [5.74, 6) is 0. The molecule has 0 bridgehead atoms. The number of nitrogens with one attached hydrogen (secondary N) is 1. The average molecular weight is 233 g/mol. The predicted octanol–water partition coefficient (Wildman–Crippen LogP) is -1.02. The van der Waals surface area contributed by atoms with Gasteiger partial charge in [-0.05, 0) is 6.42 Å². The van der Waals surface area contributed by atoms with Gasteiger partial charge in [0, 0.05) is 6.04 Å². The molecule has 1 saturated heterocycles. The largest absolute Gasteiger partial charge is 0.395 e. The van der Waals surface area contributed by atoms with Crippen molar-refractivity contribution in [3.05, 3.63) is 0 Å². The van der Waals surface area contributed by atoms with Crippen LogP contribution < -0.4 is 5.32 Å². The number of rotatable bonds is 5. The minimum absolute atomic E-state index is 0.241. The van der Waals surface area contributed by atoms with E-state index in [9.17, 15) is 15.3 Å². The van der Waals surface area contributed by atoms with Gasteiger partial charge in [-0.2, -0.15) is 0 Å². The highest BCUT2D eigenvalue weighted by Gasteiger charge is 2.41. The van der Waals surface area contributed by atoms with E-state index in [0.717, 1.165) is 25.7 Å². The number of piperidine rings is 1. The highest BCUT2D eigenvalue weighted by molar-refractivity contribution is 4.97. The Morgan fingerprint density at radius 1 is 0.938 bits per heavy atom. The van der Waals surface area contributed by atoms with Crippen LogP contribution in [-0.2, 0) is 0 Å². The van der Waals surface area contributed by atoms with Gasteiger partial charge in [0.15, 0.2) is 0 Å². The molecule has 0 aliphatic carbocycles.